The highest BCUT2D eigenvalue weighted by Crippen LogP contribution is 2.27. The third kappa shape index (κ3) is 6.96. The Kier molecular flexibility index (Phi) is 8.12. The summed E-state index contributed by atoms with van der Waals surface area (Å²) < 4.78 is 0. The fourth-order valence-corrected chi connectivity index (χ4v) is 5.09. The zero-order valence-corrected chi connectivity index (χ0v) is 21.9. The molecule has 1 aliphatic rings. The molecule has 0 radical (unpaired) electrons. The Balaban J connectivity index is 1.42. The van der Waals surface area contributed by atoms with E-state index >= 15 is 0 Å². The summed E-state index contributed by atoms with van der Waals surface area (Å²) in [6.45, 7) is 6.01. The van der Waals surface area contributed by atoms with E-state index in [2.05, 4.69) is 133 Å². The minimum absolute atomic E-state index is 0.00909. The van der Waals surface area contributed by atoms with Gasteiger partial charge in [0.15, 0.2) is 0 Å². The number of nitrogens with zero attached hydrogens (tertiary/aromatic N) is 2. The summed E-state index contributed by atoms with van der Waals surface area (Å²) >= 11 is 0. The van der Waals surface area contributed by atoms with E-state index in [9.17, 15) is 0 Å². The first-order valence-corrected chi connectivity index (χ1v) is 13.3. The van der Waals surface area contributed by atoms with Gasteiger partial charge in [0.1, 0.15) is 6.10 Å². The first-order valence-electron chi connectivity index (χ1n) is 13.3. The molecular formula is C34H36N2O. The monoisotopic (exact) mass is 488 g/mol. The van der Waals surface area contributed by atoms with Crippen LogP contribution in [0.5, 0.6) is 0 Å². The van der Waals surface area contributed by atoms with E-state index < -0.39 is 0 Å². The van der Waals surface area contributed by atoms with Crippen LogP contribution in [0.3, 0.4) is 0 Å². The van der Waals surface area contributed by atoms with Gasteiger partial charge in [0.05, 0.1) is 11.8 Å². The van der Waals surface area contributed by atoms with E-state index in [1.54, 1.807) is 0 Å². The molecule has 4 aromatic rings. The lowest BCUT2D eigenvalue weighted by Crippen LogP contribution is -2.44. The van der Waals surface area contributed by atoms with E-state index in [0.717, 1.165) is 38.1 Å². The number of rotatable bonds is 10. The van der Waals surface area contributed by atoms with E-state index in [1.165, 1.54) is 33.4 Å². The Morgan fingerprint density at radius 2 is 1.19 bits per heavy atom. The second-order valence-corrected chi connectivity index (χ2v) is 10.3. The summed E-state index contributed by atoms with van der Waals surface area (Å²) in [4.78, 5) is 8.80. The Morgan fingerprint density at radius 1 is 0.676 bits per heavy atom. The van der Waals surface area contributed by atoms with Crippen LogP contribution in [0.2, 0.25) is 0 Å². The van der Waals surface area contributed by atoms with Gasteiger partial charge in [0.25, 0.3) is 0 Å². The van der Waals surface area contributed by atoms with Crippen molar-refractivity contribution in [1.29, 1.82) is 0 Å². The average molecular weight is 489 g/mol. The lowest BCUT2D eigenvalue weighted by Gasteiger charge is -2.35. The van der Waals surface area contributed by atoms with Gasteiger partial charge in [-0.05, 0) is 42.5 Å². The van der Waals surface area contributed by atoms with Gasteiger partial charge in [0.2, 0.25) is 0 Å². The van der Waals surface area contributed by atoms with Crippen LogP contribution < -0.4 is 0 Å². The van der Waals surface area contributed by atoms with Crippen LogP contribution in [0, 0.1) is 13.8 Å². The lowest BCUT2D eigenvalue weighted by molar-refractivity contribution is 0.000132. The normalized spacial score (nSPS) is 15.9. The van der Waals surface area contributed by atoms with Crippen LogP contribution in [-0.2, 0) is 30.8 Å². The summed E-state index contributed by atoms with van der Waals surface area (Å²) in [6, 6.07) is 39.4. The van der Waals surface area contributed by atoms with Crippen LogP contribution in [0.4, 0.5) is 0 Å². The van der Waals surface area contributed by atoms with Crippen molar-refractivity contribution in [2.45, 2.75) is 58.3 Å². The van der Waals surface area contributed by atoms with E-state index in [0.29, 0.717) is 0 Å². The van der Waals surface area contributed by atoms with Crippen molar-refractivity contribution in [2.75, 3.05) is 0 Å². The molecule has 0 fully saturated rings. The molecule has 0 saturated heterocycles. The van der Waals surface area contributed by atoms with E-state index in [1.807, 2.05) is 0 Å². The zero-order chi connectivity index (χ0) is 25.5. The van der Waals surface area contributed by atoms with Gasteiger partial charge in [-0.15, -0.1) is 0 Å². The van der Waals surface area contributed by atoms with E-state index in [-0.39, 0.29) is 12.1 Å². The van der Waals surface area contributed by atoms with Crippen LogP contribution in [0.15, 0.2) is 114 Å². The maximum Gasteiger partial charge on any atom is 0.148 e. The molecule has 37 heavy (non-hydrogen) atoms. The van der Waals surface area contributed by atoms with Gasteiger partial charge in [0, 0.05) is 25.9 Å². The maximum atomic E-state index is 6.21. The molecule has 4 aromatic carbocycles. The SMILES string of the molecule is Cc1ccc(CN(Cc2ccc(C)cc2)C(Cc2ccccc2)C2CC(Cc3ccccc3)=NO2)cc1. The molecule has 3 heteroatoms. The van der Waals surface area contributed by atoms with Gasteiger partial charge in [-0.1, -0.05) is 125 Å². The standard InChI is InChI=1S/C34H36N2O/c1-26-13-17-30(18-14-26)24-36(25-31-19-15-27(2)16-20-31)33(22-29-11-7-4-8-12-29)34-23-32(35-37-34)21-28-9-5-3-6-10-28/h3-20,33-34H,21-25H2,1-2H3. The van der Waals surface area contributed by atoms with Crippen molar-refractivity contribution in [1.82, 2.24) is 4.90 Å². The average Bonchev–Trinajstić information content (AvgIpc) is 3.38. The number of oxime groups is 1. The third-order valence-electron chi connectivity index (χ3n) is 7.20. The lowest BCUT2D eigenvalue weighted by atomic mass is 9.94. The number of hydrogen-bond donors (Lipinski definition) is 0. The minimum atomic E-state index is 0.00909. The topological polar surface area (TPSA) is 24.8 Å². The van der Waals surface area contributed by atoms with Crippen LogP contribution in [0.1, 0.15) is 39.8 Å². The molecule has 2 atom stereocenters. The predicted octanol–water partition coefficient (Wildman–Crippen LogP) is 7.30. The van der Waals surface area contributed by atoms with Gasteiger partial charge in [-0.25, -0.2) is 0 Å². The van der Waals surface area contributed by atoms with Gasteiger partial charge >= 0.3 is 0 Å². The first-order chi connectivity index (χ1) is 18.1. The molecule has 0 aromatic heterocycles. The molecule has 188 valence electrons. The van der Waals surface area contributed by atoms with Crippen molar-refractivity contribution < 1.29 is 4.84 Å². The summed E-state index contributed by atoms with van der Waals surface area (Å²) in [6.07, 6.45) is 2.61. The Labute approximate surface area is 221 Å². The quantitative estimate of drug-likeness (QED) is 0.234. The Hall–Kier alpha value is -3.69. The Morgan fingerprint density at radius 3 is 1.73 bits per heavy atom. The second-order valence-electron chi connectivity index (χ2n) is 10.3. The van der Waals surface area contributed by atoms with Gasteiger partial charge in [-0.3, -0.25) is 4.90 Å². The van der Waals surface area contributed by atoms with Crippen molar-refractivity contribution in [2.24, 2.45) is 5.16 Å². The second kappa shape index (κ2) is 12.0. The van der Waals surface area contributed by atoms with Gasteiger partial charge < -0.3 is 4.84 Å². The van der Waals surface area contributed by atoms with Gasteiger partial charge in [-0.2, -0.15) is 0 Å². The molecule has 5 rings (SSSR count). The van der Waals surface area contributed by atoms with Crippen LogP contribution in [0.25, 0.3) is 0 Å². The number of benzene rings is 4. The minimum Gasteiger partial charge on any atom is -0.390 e. The number of hydrogen-bond acceptors (Lipinski definition) is 3. The molecule has 0 bridgehead atoms. The third-order valence-corrected chi connectivity index (χ3v) is 7.20. The zero-order valence-electron chi connectivity index (χ0n) is 21.9. The van der Waals surface area contributed by atoms with Crippen molar-refractivity contribution in [3.63, 3.8) is 0 Å². The van der Waals surface area contributed by atoms with Crippen molar-refractivity contribution in [3.05, 3.63) is 143 Å². The highest BCUT2D eigenvalue weighted by molar-refractivity contribution is 5.87. The summed E-state index contributed by atoms with van der Waals surface area (Å²) in [7, 11) is 0. The molecule has 0 N–H and O–H groups in total. The van der Waals surface area contributed by atoms with Crippen molar-refractivity contribution in [3.8, 4) is 0 Å². The molecule has 1 aliphatic heterocycles. The molecule has 0 amide bonds. The molecule has 0 aliphatic carbocycles. The van der Waals surface area contributed by atoms with E-state index in [4.69, 9.17) is 4.84 Å². The maximum absolute atomic E-state index is 6.21. The highest BCUT2D eigenvalue weighted by Gasteiger charge is 2.34. The molecule has 0 saturated carbocycles. The summed E-state index contributed by atoms with van der Waals surface area (Å²) in [5, 5.41) is 4.58. The molecule has 0 spiro atoms. The highest BCUT2D eigenvalue weighted by atomic mass is 16.6. The Bertz CT molecular complexity index is 1230. The van der Waals surface area contributed by atoms with Crippen LogP contribution in [-0.4, -0.2) is 22.8 Å². The summed E-state index contributed by atoms with van der Waals surface area (Å²) in [5.74, 6) is 0. The largest absolute Gasteiger partial charge is 0.390 e. The fourth-order valence-electron chi connectivity index (χ4n) is 5.09. The molecule has 1 heterocycles. The predicted molar refractivity (Wildman–Crippen MR) is 153 cm³/mol. The fraction of sp³-hybridized carbons (Fsp3) is 0.265. The van der Waals surface area contributed by atoms with Crippen molar-refractivity contribution >= 4 is 5.71 Å². The molecule has 2 unspecified atom stereocenters. The summed E-state index contributed by atoms with van der Waals surface area (Å²) in [5.41, 5.74) is 8.94. The van der Waals surface area contributed by atoms with Crippen LogP contribution >= 0.6 is 0 Å². The molecular weight excluding hydrogens is 452 g/mol. The molecule has 3 nitrogen and oxygen atoms in total. The smallest absolute Gasteiger partial charge is 0.148 e. The number of aryl methyl sites for hydroxylation is 2. The first kappa shape index (κ1) is 25.0.